The summed E-state index contributed by atoms with van der Waals surface area (Å²) in [7, 11) is -0.243. The van der Waals surface area contributed by atoms with Crippen molar-refractivity contribution in [2.75, 3.05) is 7.11 Å². The molecular formula is C28H48O4Si. The van der Waals surface area contributed by atoms with Gasteiger partial charge in [0.25, 0.3) is 0 Å². The van der Waals surface area contributed by atoms with Gasteiger partial charge in [0.2, 0.25) is 8.32 Å². The van der Waals surface area contributed by atoms with Crippen LogP contribution in [0.2, 0.25) is 19.6 Å². The fourth-order valence-electron chi connectivity index (χ4n) is 8.73. The van der Waals surface area contributed by atoms with E-state index < -0.39 is 8.32 Å². The molecule has 0 aromatic carbocycles. The predicted molar refractivity (Wildman–Crippen MR) is 135 cm³/mol. The zero-order chi connectivity index (χ0) is 24.2. The zero-order valence-electron chi connectivity index (χ0n) is 22.2. The zero-order valence-corrected chi connectivity index (χ0v) is 23.2. The normalized spacial score (nSPS) is 43.6. The number of hydrogen-bond acceptors (Lipinski definition) is 4. The Kier molecular flexibility index (Phi) is 6.90. The highest BCUT2D eigenvalue weighted by atomic mass is 28.4. The minimum atomic E-state index is -1.74. The summed E-state index contributed by atoms with van der Waals surface area (Å²) < 4.78 is 11.8. The number of hydrogen-bond donors (Lipinski definition) is 1. The number of aliphatic hydroxyl groups excluding tert-OH is 1. The lowest BCUT2D eigenvalue weighted by atomic mass is 9.46. The van der Waals surface area contributed by atoms with Gasteiger partial charge in [0, 0.05) is 12.3 Å². The predicted octanol–water partition coefficient (Wildman–Crippen LogP) is 6.55. The number of carbonyl (C=O) groups excluding carboxylic acids is 1. The molecule has 0 aromatic heterocycles. The third-order valence-corrected chi connectivity index (χ3v) is 11.3. The Hall–Kier alpha value is -0.813. The van der Waals surface area contributed by atoms with Gasteiger partial charge in [-0.1, -0.05) is 20.8 Å². The van der Waals surface area contributed by atoms with E-state index >= 15 is 0 Å². The summed E-state index contributed by atoms with van der Waals surface area (Å²) >= 11 is 0. The van der Waals surface area contributed by atoms with Crippen LogP contribution in [0.3, 0.4) is 0 Å². The van der Waals surface area contributed by atoms with Crippen LogP contribution in [0.5, 0.6) is 0 Å². The van der Waals surface area contributed by atoms with Crippen LogP contribution in [0.25, 0.3) is 0 Å². The SMILES string of the molecule is COC(=O)CC[C@@H](C)[C@H]1CC[C@H]2[C@@H]3C(O[Si](C)(C)C)=C[C@@H]4C[C@H](O)CC[C@]4(C)[C@H]3CC[C@]12C. The second-order valence-electron chi connectivity index (χ2n) is 13.4. The highest BCUT2D eigenvalue weighted by molar-refractivity contribution is 6.70. The molecule has 3 fully saturated rings. The van der Waals surface area contributed by atoms with Gasteiger partial charge in [-0.3, -0.25) is 4.79 Å². The van der Waals surface area contributed by atoms with E-state index in [0.29, 0.717) is 47.3 Å². The van der Waals surface area contributed by atoms with Crippen LogP contribution >= 0.6 is 0 Å². The Morgan fingerprint density at radius 3 is 2.45 bits per heavy atom. The molecule has 188 valence electrons. The van der Waals surface area contributed by atoms with Gasteiger partial charge in [0.1, 0.15) is 0 Å². The van der Waals surface area contributed by atoms with Crippen molar-refractivity contribution in [3.8, 4) is 0 Å². The fourth-order valence-corrected chi connectivity index (χ4v) is 9.64. The van der Waals surface area contributed by atoms with Crippen molar-refractivity contribution in [3.05, 3.63) is 11.8 Å². The summed E-state index contributed by atoms with van der Waals surface area (Å²) in [4.78, 5) is 11.8. The molecule has 4 aliphatic carbocycles. The molecule has 1 N–H and O–H groups in total. The van der Waals surface area contributed by atoms with E-state index in [1.54, 1.807) is 0 Å². The Labute approximate surface area is 203 Å². The standard InChI is InChI=1S/C28H48O4Si/c1-18(8-11-25(30)31-4)21-9-10-22-26-23(13-15-28(21,22)3)27(2)14-12-20(29)16-19(27)17-24(26)32-33(5,6)7/h17-23,26,29H,8-16H2,1-7H3/t18-,19+,20-,21-,22+,23+,26+,27+,28-/m1/s1. The average Bonchev–Trinajstić information content (AvgIpc) is 3.09. The summed E-state index contributed by atoms with van der Waals surface area (Å²) in [6, 6.07) is 0. The maximum absolute atomic E-state index is 11.8. The molecule has 4 aliphatic rings. The molecule has 0 aliphatic heterocycles. The van der Waals surface area contributed by atoms with Crippen LogP contribution in [0, 0.1) is 46.3 Å². The van der Waals surface area contributed by atoms with Crippen LogP contribution in [-0.4, -0.2) is 32.6 Å². The molecule has 0 saturated heterocycles. The van der Waals surface area contributed by atoms with Crippen molar-refractivity contribution in [1.82, 2.24) is 0 Å². The van der Waals surface area contributed by atoms with E-state index in [-0.39, 0.29) is 17.5 Å². The fraction of sp³-hybridized carbons (Fsp3) is 0.893. The van der Waals surface area contributed by atoms with Crippen molar-refractivity contribution >= 4 is 14.3 Å². The first-order chi connectivity index (χ1) is 15.4. The Bertz CT molecular complexity index is 772. The second kappa shape index (κ2) is 9.00. The van der Waals surface area contributed by atoms with Gasteiger partial charge in [0.05, 0.1) is 19.0 Å². The monoisotopic (exact) mass is 476 g/mol. The number of methoxy groups -OCH3 is 1. The number of rotatable bonds is 6. The summed E-state index contributed by atoms with van der Waals surface area (Å²) in [5, 5.41) is 10.5. The van der Waals surface area contributed by atoms with E-state index in [0.717, 1.165) is 25.7 Å². The van der Waals surface area contributed by atoms with Crippen molar-refractivity contribution in [3.63, 3.8) is 0 Å². The lowest BCUT2D eigenvalue weighted by Gasteiger charge is -2.60. The molecule has 0 aromatic rings. The first-order valence-electron chi connectivity index (χ1n) is 13.5. The number of ether oxygens (including phenoxy) is 1. The van der Waals surface area contributed by atoms with Crippen LogP contribution < -0.4 is 0 Å². The molecule has 4 nitrogen and oxygen atoms in total. The van der Waals surface area contributed by atoms with E-state index in [1.165, 1.54) is 38.6 Å². The first kappa shape index (κ1) is 25.3. The van der Waals surface area contributed by atoms with Crippen molar-refractivity contribution < 1.29 is 19.1 Å². The molecule has 0 bridgehead atoms. The highest BCUT2D eigenvalue weighted by Crippen LogP contribution is 2.68. The number of carbonyl (C=O) groups is 1. The minimum Gasteiger partial charge on any atom is -0.547 e. The Morgan fingerprint density at radius 1 is 1.12 bits per heavy atom. The molecule has 33 heavy (non-hydrogen) atoms. The van der Waals surface area contributed by atoms with Gasteiger partial charge < -0.3 is 14.3 Å². The van der Waals surface area contributed by atoms with Crippen molar-refractivity contribution in [1.29, 1.82) is 0 Å². The summed E-state index contributed by atoms with van der Waals surface area (Å²) in [5.74, 6) is 4.69. The molecule has 5 heteroatoms. The third kappa shape index (κ3) is 4.58. The Balaban J connectivity index is 1.64. The van der Waals surface area contributed by atoms with Gasteiger partial charge in [-0.25, -0.2) is 0 Å². The maximum atomic E-state index is 11.8. The summed E-state index contributed by atoms with van der Waals surface area (Å²) in [5.41, 5.74) is 0.599. The molecule has 0 spiro atoms. The van der Waals surface area contributed by atoms with Crippen LogP contribution in [0.4, 0.5) is 0 Å². The molecule has 0 unspecified atom stereocenters. The quantitative estimate of drug-likeness (QED) is 0.349. The second-order valence-corrected chi connectivity index (χ2v) is 17.8. The van der Waals surface area contributed by atoms with E-state index in [2.05, 4.69) is 46.5 Å². The molecule has 4 rings (SSSR count). The van der Waals surface area contributed by atoms with Crippen LogP contribution in [-0.2, 0) is 14.0 Å². The van der Waals surface area contributed by atoms with E-state index in [9.17, 15) is 9.90 Å². The first-order valence-corrected chi connectivity index (χ1v) is 17.0. The summed E-state index contributed by atoms with van der Waals surface area (Å²) in [6.07, 6.45) is 11.9. The van der Waals surface area contributed by atoms with Crippen LogP contribution in [0.1, 0.15) is 78.6 Å². The van der Waals surface area contributed by atoms with Crippen LogP contribution in [0.15, 0.2) is 11.8 Å². The maximum Gasteiger partial charge on any atom is 0.305 e. The number of aliphatic hydroxyl groups is 1. The van der Waals surface area contributed by atoms with E-state index in [4.69, 9.17) is 9.16 Å². The third-order valence-electron chi connectivity index (χ3n) is 10.4. The lowest BCUT2D eigenvalue weighted by Crippen LogP contribution is -2.54. The number of esters is 1. The smallest absolute Gasteiger partial charge is 0.305 e. The molecular weight excluding hydrogens is 428 g/mol. The van der Waals surface area contributed by atoms with Gasteiger partial charge in [-0.05, 0) is 118 Å². The Morgan fingerprint density at radius 2 is 1.79 bits per heavy atom. The van der Waals surface area contributed by atoms with Gasteiger partial charge >= 0.3 is 5.97 Å². The molecule has 9 atom stereocenters. The molecule has 0 heterocycles. The molecule has 0 radical (unpaired) electrons. The number of fused-ring (bicyclic) bond motifs is 5. The highest BCUT2D eigenvalue weighted by Gasteiger charge is 2.62. The largest absolute Gasteiger partial charge is 0.547 e. The van der Waals surface area contributed by atoms with Gasteiger partial charge in [-0.15, -0.1) is 0 Å². The van der Waals surface area contributed by atoms with Gasteiger partial charge in [-0.2, -0.15) is 0 Å². The number of allylic oxidation sites excluding steroid dienone is 2. The molecule has 0 amide bonds. The van der Waals surface area contributed by atoms with Gasteiger partial charge in [0.15, 0.2) is 0 Å². The molecule has 3 saturated carbocycles. The average molecular weight is 477 g/mol. The van der Waals surface area contributed by atoms with Crippen molar-refractivity contribution in [2.24, 2.45) is 46.3 Å². The van der Waals surface area contributed by atoms with E-state index in [1.807, 2.05) is 0 Å². The summed E-state index contributed by atoms with van der Waals surface area (Å²) in [6.45, 7) is 14.4. The minimum absolute atomic E-state index is 0.0789. The topological polar surface area (TPSA) is 55.8 Å². The lowest BCUT2D eigenvalue weighted by molar-refractivity contribution is -0.141. The van der Waals surface area contributed by atoms with Crippen molar-refractivity contribution in [2.45, 2.75) is 104 Å².